The van der Waals surface area contributed by atoms with E-state index in [1.165, 1.54) is 19.2 Å². The lowest BCUT2D eigenvalue weighted by Crippen LogP contribution is -2.23. The Balaban J connectivity index is 2.14. The zero-order valence-electron chi connectivity index (χ0n) is 13.5. The molecular formula is C18H16ClNO5. The molecule has 1 N–H and O–H groups in total. The predicted octanol–water partition coefficient (Wildman–Crippen LogP) is 2.70. The summed E-state index contributed by atoms with van der Waals surface area (Å²) in [7, 11) is 1.34. The molecule has 0 bridgehead atoms. The summed E-state index contributed by atoms with van der Waals surface area (Å²) < 4.78 is 9.34. The normalized spacial score (nSPS) is 10.2. The van der Waals surface area contributed by atoms with Gasteiger partial charge in [0.1, 0.15) is 6.61 Å². The van der Waals surface area contributed by atoms with Gasteiger partial charge in [-0.3, -0.25) is 9.59 Å². The lowest BCUT2D eigenvalue weighted by Gasteiger charge is -2.11. The highest BCUT2D eigenvalue weighted by atomic mass is 35.5. The Bertz CT molecular complexity index is 776. The molecule has 0 fully saturated rings. The second-order valence-electron chi connectivity index (χ2n) is 5.03. The number of amides is 1. The van der Waals surface area contributed by atoms with Crippen LogP contribution in [0.5, 0.6) is 0 Å². The Kier molecular flexibility index (Phi) is 6.68. The molecule has 2 rings (SSSR count). The number of methoxy groups -OCH3 is 1. The van der Waals surface area contributed by atoms with Crippen LogP contribution in [0.3, 0.4) is 0 Å². The van der Waals surface area contributed by atoms with Crippen LogP contribution in [-0.2, 0) is 19.1 Å². The molecule has 2 aromatic rings. The van der Waals surface area contributed by atoms with Gasteiger partial charge in [0.2, 0.25) is 0 Å². The lowest BCUT2D eigenvalue weighted by atomic mass is 10.0. The molecule has 130 valence electrons. The molecule has 1 amide bonds. The molecule has 0 heterocycles. The van der Waals surface area contributed by atoms with Crippen molar-refractivity contribution in [2.24, 2.45) is 0 Å². The van der Waals surface area contributed by atoms with Crippen molar-refractivity contribution in [2.45, 2.75) is 0 Å². The van der Waals surface area contributed by atoms with Gasteiger partial charge in [-0.15, -0.1) is 0 Å². The third-order valence-electron chi connectivity index (χ3n) is 3.16. The third kappa shape index (κ3) is 5.41. The molecule has 25 heavy (non-hydrogen) atoms. The summed E-state index contributed by atoms with van der Waals surface area (Å²) >= 11 is 5.97. The topological polar surface area (TPSA) is 81.7 Å². The highest BCUT2D eigenvalue weighted by Crippen LogP contribution is 2.23. The minimum absolute atomic E-state index is 0.244. The summed E-state index contributed by atoms with van der Waals surface area (Å²) in [4.78, 5) is 35.8. The number of halogens is 1. The van der Waals surface area contributed by atoms with Crippen molar-refractivity contribution in [1.82, 2.24) is 0 Å². The molecule has 0 aliphatic carbocycles. The minimum Gasteiger partial charge on any atom is -0.454 e. The first-order valence-corrected chi connectivity index (χ1v) is 7.72. The van der Waals surface area contributed by atoms with Crippen molar-refractivity contribution in [3.05, 3.63) is 64.7 Å². The van der Waals surface area contributed by atoms with Crippen molar-refractivity contribution >= 4 is 34.9 Å². The maximum absolute atomic E-state index is 12.6. The number of hydrogen-bond donors (Lipinski definition) is 1. The summed E-state index contributed by atoms with van der Waals surface area (Å²) in [6.45, 7) is -0.726. The van der Waals surface area contributed by atoms with Crippen LogP contribution >= 0.6 is 11.6 Å². The smallest absolute Gasteiger partial charge is 0.332 e. The van der Waals surface area contributed by atoms with E-state index >= 15 is 0 Å². The van der Waals surface area contributed by atoms with Crippen LogP contribution in [-0.4, -0.2) is 38.0 Å². The van der Waals surface area contributed by atoms with Crippen molar-refractivity contribution < 1.29 is 23.9 Å². The summed E-state index contributed by atoms with van der Waals surface area (Å²) in [5.41, 5.74) is 0.994. The number of ether oxygens (including phenoxy) is 2. The number of rotatable bonds is 7. The number of benzene rings is 2. The predicted molar refractivity (Wildman–Crippen MR) is 92.8 cm³/mol. The van der Waals surface area contributed by atoms with Gasteiger partial charge in [-0.05, 0) is 18.2 Å². The number of esters is 1. The Hall–Kier alpha value is -2.70. The molecule has 0 aromatic heterocycles. The van der Waals surface area contributed by atoms with Gasteiger partial charge in [-0.25, -0.2) is 4.79 Å². The van der Waals surface area contributed by atoms with Crippen LogP contribution in [0, 0.1) is 0 Å². The average molecular weight is 362 g/mol. The standard InChI is InChI=1S/C18H16ClNO5/c1-24-11-17(22)25-10-16(21)20-15-8-7-13(19)9-14(15)18(23)12-5-3-2-4-6-12/h2-9H,10-11H2,1H3,(H,20,21). The van der Waals surface area contributed by atoms with E-state index in [1.54, 1.807) is 36.4 Å². The van der Waals surface area contributed by atoms with Crippen LogP contribution in [0.4, 0.5) is 5.69 Å². The van der Waals surface area contributed by atoms with E-state index < -0.39 is 18.5 Å². The monoisotopic (exact) mass is 361 g/mol. The fraction of sp³-hybridized carbons (Fsp3) is 0.167. The van der Waals surface area contributed by atoms with Gasteiger partial charge in [0.25, 0.3) is 5.91 Å². The number of carbonyl (C=O) groups excluding carboxylic acids is 3. The van der Waals surface area contributed by atoms with E-state index in [0.29, 0.717) is 10.6 Å². The van der Waals surface area contributed by atoms with Gasteiger partial charge in [0.15, 0.2) is 12.4 Å². The molecule has 0 saturated heterocycles. The first kappa shape index (κ1) is 18.6. The number of anilines is 1. The molecule has 0 radical (unpaired) electrons. The molecule has 0 aliphatic rings. The van der Waals surface area contributed by atoms with Gasteiger partial charge in [-0.1, -0.05) is 41.9 Å². The van der Waals surface area contributed by atoms with E-state index in [1.807, 2.05) is 0 Å². The Morgan fingerprint density at radius 3 is 2.44 bits per heavy atom. The van der Waals surface area contributed by atoms with Crippen LogP contribution < -0.4 is 5.32 Å². The average Bonchev–Trinajstić information content (AvgIpc) is 2.62. The van der Waals surface area contributed by atoms with Gasteiger partial charge in [0, 0.05) is 23.3 Å². The summed E-state index contributed by atoms with van der Waals surface area (Å²) in [5, 5.41) is 2.91. The summed E-state index contributed by atoms with van der Waals surface area (Å²) in [6, 6.07) is 13.2. The van der Waals surface area contributed by atoms with Crippen molar-refractivity contribution in [1.29, 1.82) is 0 Å². The maximum Gasteiger partial charge on any atom is 0.332 e. The molecule has 0 spiro atoms. The van der Waals surface area contributed by atoms with E-state index in [0.717, 1.165) is 0 Å². The molecule has 0 aliphatic heterocycles. The molecule has 7 heteroatoms. The Morgan fingerprint density at radius 2 is 1.76 bits per heavy atom. The van der Waals surface area contributed by atoms with Crippen LogP contribution in [0.15, 0.2) is 48.5 Å². The fourth-order valence-corrected chi connectivity index (χ4v) is 2.22. The molecule has 0 unspecified atom stereocenters. The quantitative estimate of drug-likeness (QED) is 0.605. The molecule has 0 atom stereocenters. The zero-order chi connectivity index (χ0) is 18.2. The number of nitrogens with one attached hydrogen (secondary N) is 1. The van der Waals surface area contributed by atoms with Crippen molar-refractivity contribution in [3.8, 4) is 0 Å². The van der Waals surface area contributed by atoms with E-state index in [4.69, 9.17) is 16.3 Å². The number of hydrogen-bond acceptors (Lipinski definition) is 5. The number of carbonyl (C=O) groups is 3. The third-order valence-corrected chi connectivity index (χ3v) is 3.40. The highest BCUT2D eigenvalue weighted by molar-refractivity contribution is 6.31. The Labute approximate surface area is 149 Å². The van der Waals surface area contributed by atoms with Gasteiger partial charge < -0.3 is 14.8 Å². The first-order valence-electron chi connectivity index (χ1n) is 7.35. The second kappa shape index (κ2) is 8.96. The number of ketones is 1. The maximum atomic E-state index is 12.6. The van der Waals surface area contributed by atoms with Crippen molar-refractivity contribution in [2.75, 3.05) is 25.6 Å². The van der Waals surface area contributed by atoms with Crippen molar-refractivity contribution in [3.63, 3.8) is 0 Å². The van der Waals surface area contributed by atoms with Gasteiger partial charge in [0.05, 0.1) is 5.69 Å². The van der Waals surface area contributed by atoms with Crippen LogP contribution in [0.25, 0.3) is 0 Å². The zero-order valence-corrected chi connectivity index (χ0v) is 14.2. The summed E-state index contributed by atoms with van der Waals surface area (Å²) in [5.74, 6) is -1.52. The minimum atomic E-state index is -0.658. The summed E-state index contributed by atoms with van der Waals surface area (Å²) in [6.07, 6.45) is 0. The van der Waals surface area contributed by atoms with Gasteiger partial charge >= 0.3 is 5.97 Å². The Morgan fingerprint density at radius 1 is 1.04 bits per heavy atom. The molecule has 0 saturated carbocycles. The second-order valence-corrected chi connectivity index (χ2v) is 5.46. The van der Waals surface area contributed by atoms with Crippen LogP contribution in [0.2, 0.25) is 5.02 Å². The fourth-order valence-electron chi connectivity index (χ4n) is 2.05. The molecular weight excluding hydrogens is 346 g/mol. The lowest BCUT2D eigenvalue weighted by molar-refractivity contribution is -0.150. The largest absolute Gasteiger partial charge is 0.454 e. The van der Waals surface area contributed by atoms with Crippen LogP contribution in [0.1, 0.15) is 15.9 Å². The first-order chi connectivity index (χ1) is 12.0. The van der Waals surface area contributed by atoms with E-state index in [9.17, 15) is 14.4 Å². The molecule has 2 aromatic carbocycles. The highest BCUT2D eigenvalue weighted by Gasteiger charge is 2.16. The van der Waals surface area contributed by atoms with E-state index in [2.05, 4.69) is 10.1 Å². The van der Waals surface area contributed by atoms with E-state index in [-0.39, 0.29) is 23.6 Å². The van der Waals surface area contributed by atoms with Gasteiger partial charge in [-0.2, -0.15) is 0 Å². The molecule has 6 nitrogen and oxygen atoms in total. The SMILES string of the molecule is COCC(=O)OCC(=O)Nc1ccc(Cl)cc1C(=O)c1ccccc1.